The van der Waals surface area contributed by atoms with E-state index in [1.54, 1.807) is 0 Å². The monoisotopic (exact) mass is 315 g/mol. The van der Waals surface area contributed by atoms with Gasteiger partial charge in [-0.1, -0.05) is 42.0 Å². The number of ether oxygens (including phenoxy) is 1. The molecule has 0 spiro atoms. The molecule has 1 aromatic heterocycles. The van der Waals surface area contributed by atoms with Gasteiger partial charge in [0, 0.05) is 12.7 Å². The summed E-state index contributed by atoms with van der Waals surface area (Å²) in [4.78, 5) is 12.5. The first-order valence-electron chi connectivity index (χ1n) is 7.36. The molecular weight excluding hydrogens is 294 g/mol. The molecule has 116 valence electrons. The van der Waals surface area contributed by atoms with Crippen LogP contribution in [0.25, 0.3) is 0 Å². The Morgan fingerprint density at radius 1 is 1.23 bits per heavy atom. The molecule has 0 saturated heterocycles. The second kappa shape index (κ2) is 6.88. The lowest BCUT2D eigenvalue weighted by molar-refractivity contribution is -0.142. The molecule has 0 unspecified atom stereocenters. The molecule has 0 aliphatic carbocycles. The number of thiocarbonyl (C=S) groups is 1. The van der Waals surface area contributed by atoms with Crippen LogP contribution in [-0.4, -0.2) is 22.0 Å². The topological polar surface area (TPSA) is 31.2 Å². The zero-order valence-electron chi connectivity index (χ0n) is 13.5. The Morgan fingerprint density at radius 2 is 1.86 bits per heavy atom. The van der Waals surface area contributed by atoms with Gasteiger partial charge >= 0.3 is 5.97 Å². The second-order valence-corrected chi connectivity index (χ2v) is 5.81. The van der Waals surface area contributed by atoms with Gasteiger partial charge in [0.15, 0.2) is 0 Å². The van der Waals surface area contributed by atoms with Gasteiger partial charge in [-0.05, 0) is 38.0 Å². The third kappa shape index (κ3) is 3.45. The van der Waals surface area contributed by atoms with Crippen LogP contribution in [0.3, 0.4) is 0 Å². The standard InChI is InChI=1S/C18H21NO2S/c1-5-21-16(20)11-15-10-13(3)17(19(15)4)18(22)14-8-6-12(2)7-9-14/h6-10H,5,11H2,1-4H3. The van der Waals surface area contributed by atoms with Crippen molar-refractivity contribution < 1.29 is 9.53 Å². The number of hydrogen-bond donors (Lipinski definition) is 0. The zero-order chi connectivity index (χ0) is 16.3. The Labute approximate surface area is 136 Å². The van der Waals surface area contributed by atoms with E-state index in [9.17, 15) is 4.79 Å². The molecule has 4 heteroatoms. The fraction of sp³-hybridized carbons (Fsp3) is 0.333. The van der Waals surface area contributed by atoms with Crippen LogP contribution in [0.1, 0.15) is 35.0 Å². The number of aromatic nitrogens is 1. The molecule has 1 aromatic carbocycles. The normalized spacial score (nSPS) is 10.5. The van der Waals surface area contributed by atoms with E-state index < -0.39 is 0 Å². The molecule has 2 aromatic rings. The minimum atomic E-state index is -0.212. The Bertz CT molecular complexity index is 699. The van der Waals surface area contributed by atoms with Gasteiger partial charge in [-0.25, -0.2) is 0 Å². The maximum absolute atomic E-state index is 11.7. The van der Waals surface area contributed by atoms with Crippen molar-refractivity contribution in [1.82, 2.24) is 4.57 Å². The molecule has 0 fully saturated rings. The molecule has 1 heterocycles. The molecule has 2 rings (SSSR count). The summed E-state index contributed by atoms with van der Waals surface area (Å²) in [6.45, 7) is 6.28. The SMILES string of the molecule is CCOC(=O)Cc1cc(C)c(C(=S)c2ccc(C)cc2)n1C. The summed E-state index contributed by atoms with van der Waals surface area (Å²) in [6.07, 6.45) is 0.266. The van der Waals surface area contributed by atoms with E-state index >= 15 is 0 Å². The van der Waals surface area contributed by atoms with Crippen molar-refractivity contribution in [3.8, 4) is 0 Å². The summed E-state index contributed by atoms with van der Waals surface area (Å²) < 4.78 is 7.02. The van der Waals surface area contributed by atoms with Gasteiger partial charge in [0.05, 0.1) is 23.6 Å². The van der Waals surface area contributed by atoms with E-state index in [-0.39, 0.29) is 12.4 Å². The van der Waals surface area contributed by atoms with Crippen molar-refractivity contribution in [2.24, 2.45) is 7.05 Å². The molecule has 0 bridgehead atoms. The first kappa shape index (κ1) is 16.4. The van der Waals surface area contributed by atoms with Gasteiger partial charge in [-0.2, -0.15) is 0 Å². The molecule has 0 N–H and O–H groups in total. The number of rotatable bonds is 5. The number of esters is 1. The number of nitrogens with zero attached hydrogens (tertiary/aromatic N) is 1. The molecule has 0 amide bonds. The van der Waals surface area contributed by atoms with Crippen molar-refractivity contribution in [3.63, 3.8) is 0 Å². The van der Waals surface area contributed by atoms with Crippen LogP contribution in [0.5, 0.6) is 0 Å². The average Bonchev–Trinajstić information content (AvgIpc) is 2.73. The summed E-state index contributed by atoms with van der Waals surface area (Å²) in [5.74, 6) is -0.212. The van der Waals surface area contributed by atoms with E-state index in [2.05, 4.69) is 19.1 Å². The summed E-state index contributed by atoms with van der Waals surface area (Å²) in [7, 11) is 1.94. The van der Waals surface area contributed by atoms with Crippen LogP contribution in [0.15, 0.2) is 30.3 Å². The van der Waals surface area contributed by atoms with Crippen molar-refractivity contribution in [2.75, 3.05) is 6.61 Å². The minimum absolute atomic E-state index is 0.212. The number of hydrogen-bond acceptors (Lipinski definition) is 3. The largest absolute Gasteiger partial charge is 0.466 e. The van der Waals surface area contributed by atoms with Crippen molar-refractivity contribution >= 4 is 23.1 Å². The quantitative estimate of drug-likeness (QED) is 0.481. The Kier molecular flexibility index (Phi) is 5.14. The van der Waals surface area contributed by atoms with E-state index in [4.69, 9.17) is 17.0 Å². The molecule has 0 atom stereocenters. The van der Waals surface area contributed by atoms with Crippen LogP contribution < -0.4 is 0 Å². The molecule has 0 radical (unpaired) electrons. The zero-order valence-corrected chi connectivity index (χ0v) is 14.3. The maximum Gasteiger partial charge on any atom is 0.311 e. The highest BCUT2D eigenvalue weighted by atomic mass is 32.1. The van der Waals surface area contributed by atoms with Gasteiger partial charge in [-0.15, -0.1) is 0 Å². The van der Waals surface area contributed by atoms with Gasteiger partial charge in [-0.3, -0.25) is 4.79 Å². The fourth-order valence-electron chi connectivity index (χ4n) is 2.53. The molecular formula is C18H21NO2S. The number of aryl methyl sites for hydroxylation is 2. The second-order valence-electron chi connectivity index (χ2n) is 5.40. The predicted octanol–water partition coefficient (Wildman–Crippen LogP) is 3.51. The first-order valence-corrected chi connectivity index (χ1v) is 7.77. The van der Waals surface area contributed by atoms with E-state index in [1.165, 1.54) is 5.56 Å². The van der Waals surface area contributed by atoms with Crippen molar-refractivity contribution in [1.29, 1.82) is 0 Å². The maximum atomic E-state index is 11.7. The first-order chi connectivity index (χ1) is 10.4. The molecule has 0 aliphatic heterocycles. The summed E-state index contributed by atoms with van der Waals surface area (Å²) >= 11 is 5.65. The van der Waals surface area contributed by atoms with Crippen LogP contribution in [-0.2, 0) is 23.0 Å². The molecule has 3 nitrogen and oxygen atoms in total. The minimum Gasteiger partial charge on any atom is -0.466 e. The average molecular weight is 315 g/mol. The molecule has 0 aliphatic rings. The van der Waals surface area contributed by atoms with Gasteiger partial charge in [0.25, 0.3) is 0 Å². The number of carbonyl (C=O) groups is 1. The lowest BCUT2D eigenvalue weighted by atomic mass is 10.1. The summed E-state index contributed by atoms with van der Waals surface area (Å²) in [5.41, 5.74) is 5.21. The van der Waals surface area contributed by atoms with E-state index in [0.717, 1.165) is 27.4 Å². The summed E-state index contributed by atoms with van der Waals surface area (Å²) in [5, 5.41) is 0. The smallest absolute Gasteiger partial charge is 0.311 e. The highest BCUT2D eigenvalue weighted by Gasteiger charge is 2.17. The molecule has 0 saturated carbocycles. The highest BCUT2D eigenvalue weighted by molar-refractivity contribution is 7.81. The number of carbonyl (C=O) groups excluding carboxylic acids is 1. The van der Waals surface area contributed by atoms with Crippen LogP contribution in [0, 0.1) is 13.8 Å². The third-order valence-corrected chi connectivity index (χ3v) is 4.11. The number of benzene rings is 1. The lowest BCUT2D eigenvalue weighted by Gasteiger charge is -2.10. The molecule has 22 heavy (non-hydrogen) atoms. The van der Waals surface area contributed by atoms with Crippen LogP contribution in [0.4, 0.5) is 0 Å². The van der Waals surface area contributed by atoms with E-state index in [1.807, 2.05) is 43.7 Å². The Hall–Kier alpha value is -1.94. The van der Waals surface area contributed by atoms with E-state index in [0.29, 0.717) is 6.61 Å². The van der Waals surface area contributed by atoms with Gasteiger partial charge in [0.1, 0.15) is 0 Å². The highest BCUT2D eigenvalue weighted by Crippen LogP contribution is 2.20. The van der Waals surface area contributed by atoms with Gasteiger partial charge in [0.2, 0.25) is 0 Å². The Balaban J connectivity index is 2.31. The lowest BCUT2D eigenvalue weighted by Crippen LogP contribution is -2.13. The van der Waals surface area contributed by atoms with Crippen molar-refractivity contribution in [2.45, 2.75) is 27.2 Å². The van der Waals surface area contributed by atoms with Gasteiger partial charge < -0.3 is 9.30 Å². The van der Waals surface area contributed by atoms with Crippen molar-refractivity contribution in [3.05, 3.63) is 58.4 Å². The fourth-order valence-corrected chi connectivity index (χ4v) is 2.96. The van der Waals surface area contributed by atoms with Crippen LogP contribution >= 0.6 is 12.2 Å². The van der Waals surface area contributed by atoms with Crippen LogP contribution in [0.2, 0.25) is 0 Å². The Morgan fingerprint density at radius 3 is 2.45 bits per heavy atom. The third-order valence-electron chi connectivity index (χ3n) is 3.68. The predicted molar refractivity (Wildman–Crippen MR) is 92.5 cm³/mol. The summed E-state index contributed by atoms with van der Waals surface area (Å²) in [6, 6.07) is 10.2.